The van der Waals surface area contributed by atoms with E-state index in [2.05, 4.69) is 25.3 Å². The lowest BCUT2D eigenvalue weighted by Gasteiger charge is -2.10. The van der Waals surface area contributed by atoms with Gasteiger partial charge < -0.3 is 16.2 Å². The van der Waals surface area contributed by atoms with Crippen molar-refractivity contribution in [3.63, 3.8) is 0 Å². The molecule has 1 saturated carbocycles. The minimum absolute atomic E-state index is 0.0795. The Morgan fingerprint density at radius 1 is 1.13 bits per heavy atom. The maximum atomic E-state index is 12.9. The molecule has 30 heavy (non-hydrogen) atoms. The molecule has 1 fully saturated rings. The summed E-state index contributed by atoms with van der Waals surface area (Å²) in [5.41, 5.74) is 8.56. The van der Waals surface area contributed by atoms with Crippen LogP contribution >= 0.6 is 0 Å². The summed E-state index contributed by atoms with van der Waals surface area (Å²) in [4.78, 5) is 29.2. The van der Waals surface area contributed by atoms with Gasteiger partial charge in [-0.25, -0.2) is 15.0 Å². The van der Waals surface area contributed by atoms with Crippen molar-refractivity contribution in [3.8, 4) is 0 Å². The van der Waals surface area contributed by atoms with Crippen LogP contribution < -0.4 is 11.1 Å². The molecule has 0 bridgehead atoms. The number of aliphatic hydroxyl groups is 1. The first-order chi connectivity index (χ1) is 14.6. The van der Waals surface area contributed by atoms with Crippen molar-refractivity contribution in [2.24, 2.45) is 10.7 Å². The number of anilines is 2. The van der Waals surface area contributed by atoms with E-state index >= 15 is 0 Å². The Bertz CT molecular complexity index is 1110. The zero-order chi connectivity index (χ0) is 20.9. The monoisotopic (exact) mass is 400 g/mol. The third-order valence-electron chi connectivity index (χ3n) is 4.54. The highest BCUT2D eigenvalue weighted by Gasteiger charge is 2.27. The molecule has 0 unspecified atom stereocenters. The van der Waals surface area contributed by atoms with Crippen LogP contribution in [0.15, 0.2) is 72.3 Å². The lowest BCUT2D eigenvalue weighted by molar-refractivity contribution is 0.0999. The fraction of sp³-hybridized carbons (Fsp3) is 0.136. The quantitative estimate of drug-likeness (QED) is 0.328. The van der Waals surface area contributed by atoms with Gasteiger partial charge in [-0.15, -0.1) is 0 Å². The Morgan fingerprint density at radius 3 is 2.57 bits per heavy atom. The van der Waals surface area contributed by atoms with Crippen molar-refractivity contribution < 1.29 is 9.90 Å². The Balaban J connectivity index is 1.63. The van der Waals surface area contributed by atoms with Crippen molar-refractivity contribution in [1.29, 1.82) is 0 Å². The molecule has 3 aromatic rings. The standard InChI is InChI=1S/C22H20N6O2/c23-20(10-19(29)15-4-2-1-3-5-15)28-22(30)21-18(26-16-11-24-13-25-12-16)9-8-17(27-21)14-6-7-14/h1-5,8-14,26,29H,6-7H2,(H2,23,28,30)/b19-10-. The third-order valence-corrected chi connectivity index (χ3v) is 4.54. The number of aromatic nitrogens is 3. The topological polar surface area (TPSA) is 126 Å². The van der Waals surface area contributed by atoms with Crippen LogP contribution in [-0.2, 0) is 0 Å². The van der Waals surface area contributed by atoms with Crippen LogP contribution in [-0.4, -0.2) is 31.8 Å². The lowest BCUT2D eigenvalue weighted by Crippen LogP contribution is -2.14. The van der Waals surface area contributed by atoms with E-state index in [1.807, 2.05) is 12.1 Å². The highest BCUT2D eigenvalue weighted by Crippen LogP contribution is 2.39. The number of hydrogen-bond donors (Lipinski definition) is 3. The van der Waals surface area contributed by atoms with E-state index in [-0.39, 0.29) is 17.3 Å². The number of aliphatic hydroxyl groups excluding tert-OH is 1. The van der Waals surface area contributed by atoms with Crippen molar-refractivity contribution >= 4 is 28.9 Å². The predicted molar refractivity (Wildman–Crippen MR) is 115 cm³/mol. The van der Waals surface area contributed by atoms with Gasteiger partial charge in [0.25, 0.3) is 5.91 Å². The van der Waals surface area contributed by atoms with E-state index in [4.69, 9.17) is 5.73 Å². The van der Waals surface area contributed by atoms with Gasteiger partial charge in [0.05, 0.1) is 23.8 Å². The highest BCUT2D eigenvalue weighted by molar-refractivity contribution is 6.09. The van der Waals surface area contributed by atoms with E-state index in [9.17, 15) is 9.90 Å². The Hall–Kier alpha value is -4.07. The van der Waals surface area contributed by atoms with Crippen LogP contribution in [0.3, 0.4) is 0 Å². The van der Waals surface area contributed by atoms with Gasteiger partial charge in [-0.05, 0) is 25.0 Å². The van der Waals surface area contributed by atoms with Gasteiger partial charge in [-0.1, -0.05) is 30.3 Å². The highest BCUT2D eigenvalue weighted by atomic mass is 16.3. The van der Waals surface area contributed by atoms with E-state index in [1.54, 1.807) is 42.7 Å². The summed E-state index contributed by atoms with van der Waals surface area (Å²) in [5, 5.41) is 13.3. The number of aliphatic imine (C=N–C) groups is 1. The average molecular weight is 400 g/mol. The number of nitrogens with one attached hydrogen (secondary N) is 1. The van der Waals surface area contributed by atoms with Crippen LogP contribution in [0.1, 0.15) is 40.5 Å². The van der Waals surface area contributed by atoms with E-state index in [0.29, 0.717) is 22.9 Å². The second kappa shape index (κ2) is 8.52. The molecule has 4 N–H and O–H groups in total. The Labute approximate surface area is 173 Å². The van der Waals surface area contributed by atoms with Gasteiger partial charge >= 0.3 is 0 Å². The molecule has 8 heteroatoms. The van der Waals surface area contributed by atoms with Crippen LogP contribution in [0, 0.1) is 0 Å². The molecule has 150 valence electrons. The number of carbonyl (C=O) groups excluding carboxylic acids is 1. The molecule has 0 spiro atoms. The molecular weight excluding hydrogens is 380 g/mol. The molecule has 1 aromatic carbocycles. The number of nitrogens with two attached hydrogens (primary N) is 1. The maximum Gasteiger partial charge on any atom is 0.299 e. The molecule has 1 aliphatic rings. The smallest absolute Gasteiger partial charge is 0.299 e. The molecule has 0 aliphatic heterocycles. The number of nitrogens with zero attached hydrogens (tertiary/aromatic N) is 4. The molecule has 4 rings (SSSR count). The van der Waals surface area contributed by atoms with Gasteiger partial charge in [0.2, 0.25) is 0 Å². The van der Waals surface area contributed by atoms with Crippen molar-refractivity contribution in [2.45, 2.75) is 18.8 Å². The van der Waals surface area contributed by atoms with Crippen LogP contribution in [0.25, 0.3) is 5.76 Å². The van der Waals surface area contributed by atoms with Crippen molar-refractivity contribution in [1.82, 2.24) is 15.0 Å². The third kappa shape index (κ3) is 4.67. The van der Waals surface area contributed by atoms with Gasteiger partial charge in [0.1, 0.15) is 17.9 Å². The summed E-state index contributed by atoms with van der Waals surface area (Å²) in [6.07, 6.45) is 7.96. The molecule has 0 atom stereocenters. The van der Waals surface area contributed by atoms with Crippen molar-refractivity contribution in [3.05, 3.63) is 84.2 Å². The minimum atomic E-state index is -0.605. The second-order valence-electron chi connectivity index (χ2n) is 6.90. The summed E-state index contributed by atoms with van der Waals surface area (Å²) in [6, 6.07) is 12.6. The van der Waals surface area contributed by atoms with E-state index < -0.39 is 5.91 Å². The number of carbonyl (C=O) groups is 1. The number of rotatable bonds is 6. The summed E-state index contributed by atoms with van der Waals surface area (Å²) in [5.74, 6) is -0.432. The zero-order valence-electron chi connectivity index (χ0n) is 16.1. The largest absolute Gasteiger partial charge is 0.507 e. The number of amides is 1. The minimum Gasteiger partial charge on any atom is -0.507 e. The average Bonchev–Trinajstić information content (AvgIpc) is 3.60. The molecule has 2 heterocycles. The Kier molecular flexibility index (Phi) is 5.47. The molecule has 2 aromatic heterocycles. The molecule has 0 saturated heterocycles. The normalized spacial score (nSPS) is 14.4. The molecular formula is C22H20N6O2. The fourth-order valence-corrected chi connectivity index (χ4v) is 2.90. The van der Waals surface area contributed by atoms with Gasteiger partial charge in [-0.2, -0.15) is 4.99 Å². The maximum absolute atomic E-state index is 12.9. The molecule has 8 nitrogen and oxygen atoms in total. The van der Waals surface area contributed by atoms with Crippen LogP contribution in [0.4, 0.5) is 11.4 Å². The summed E-state index contributed by atoms with van der Waals surface area (Å²) in [6.45, 7) is 0. The number of hydrogen-bond acceptors (Lipinski definition) is 6. The molecule has 0 radical (unpaired) electrons. The van der Waals surface area contributed by atoms with E-state index in [0.717, 1.165) is 18.5 Å². The van der Waals surface area contributed by atoms with Gasteiger partial charge in [-0.3, -0.25) is 4.79 Å². The van der Waals surface area contributed by atoms with Gasteiger partial charge in [0, 0.05) is 23.3 Å². The summed E-state index contributed by atoms with van der Waals surface area (Å²) < 4.78 is 0. The fourth-order valence-electron chi connectivity index (χ4n) is 2.90. The first-order valence-electron chi connectivity index (χ1n) is 9.47. The van der Waals surface area contributed by atoms with E-state index in [1.165, 1.54) is 12.4 Å². The van der Waals surface area contributed by atoms with Crippen LogP contribution in [0.5, 0.6) is 0 Å². The van der Waals surface area contributed by atoms with Crippen molar-refractivity contribution in [2.75, 3.05) is 5.32 Å². The second-order valence-corrected chi connectivity index (χ2v) is 6.90. The molecule has 1 aliphatic carbocycles. The van der Waals surface area contributed by atoms with Crippen LogP contribution in [0.2, 0.25) is 0 Å². The predicted octanol–water partition coefficient (Wildman–Crippen LogP) is 3.59. The Morgan fingerprint density at radius 2 is 1.87 bits per heavy atom. The lowest BCUT2D eigenvalue weighted by atomic mass is 10.2. The van der Waals surface area contributed by atoms with Gasteiger partial charge in [0.15, 0.2) is 5.69 Å². The first kappa shape index (κ1) is 19.3. The number of benzene rings is 1. The number of pyridine rings is 1. The SMILES string of the molecule is NC(/C=C(\O)c1ccccc1)=NC(=O)c1nc(C2CC2)ccc1Nc1cncnc1. The number of amidine groups is 1. The zero-order valence-corrected chi connectivity index (χ0v) is 16.1. The summed E-state index contributed by atoms with van der Waals surface area (Å²) >= 11 is 0. The first-order valence-corrected chi connectivity index (χ1v) is 9.47. The summed E-state index contributed by atoms with van der Waals surface area (Å²) in [7, 11) is 0. The molecule has 1 amide bonds.